The molecule has 0 bridgehead atoms. The third kappa shape index (κ3) is 2.72. The largest absolute Gasteiger partial charge is 0.326 e. The molecule has 0 spiro atoms. The van der Waals surface area contributed by atoms with Crippen LogP contribution in [0.4, 0.5) is 5.69 Å². The third-order valence-corrected chi connectivity index (χ3v) is 3.85. The minimum absolute atomic E-state index is 0.0937. The molecule has 0 saturated carbocycles. The van der Waals surface area contributed by atoms with Gasteiger partial charge in [-0.1, -0.05) is 19.9 Å². The second-order valence-electron chi connectivity index (χ2n) is 5.23. The van der Waals surface area contributed by atoms with Crippen molar-refractivity contribution in [3.05, 3.63) is 29.3 Å². The minimum Gasteiger partial charge on any atom is -0.326 e. The number of aryl methyl sites for hydroxylation is 2. The lowest BCUT2D eigenvalue weighted by molar-refractivity contribution is -0.120. The van der Waals surface area contributed by atoms with E-state index in [0.717, 1.165) is 25.2 Å². The van der Waals surface area contributed by atoms with E-state index in [4.69, 9.17) is 0 Å². The first-order chi connectivity index (χ1) is 8.61. The molecule has 1 aromatic carbocycles. The van der Waals surface area contributed by atoms with Gasteiger partial charge in [-0.25, -0.2) is 0 Å². The summed E-state index contributed by atoms with van der Waals surface area (Å²) in [4.78, 5) is 12.1. The molecule has 1 amide bonds. The summed E-state index contributed by atoms with van der Waals surface area (Å²) >= 11 is 0. The molecule has 2 atom stereocenters. The Morgan fingerprint density at radius 1 is 1.44 bits per heavy atom. The summed E-state index contributed by atoms with van der Waals surface area (Å²) in [5, 5.41) is 6.29. The Kier molecular flexibility index (Phi) is 4.02. The number of hydrogen-bond donors (Lipinski definition) is 2. The molecule has 18 heavy (non-hydrogen) atoms. The molecule has 3 nitrogen and oxygen atoms in total. The van der Waals surface area contributed by atoms with Crippen LogP contribution in [0.5, 0.6) is 0 Å². The smallest absolute Gasteiger partial charge is 0.229 e. The van der Waals surface area contributed by atoms with Crippen LogP contribution in [0.1, 0.15) is 25.0 Å². The first-order valence-corrected chi connectivity index (χ1v) is 6.73. The van der Waals surface area contributed by atoms with Gasteiger partial charge in [-0.2, -0.15) is 0 Å². The van der Waals surface area contributed by atoms with Crippen molar-refractivity contribution in [3.8, 4) is 0 Å². The van der Waals surface area contributed by atoms with E-state index in [1.807, 2.05) is 6.07 Å². The lowest BCUT2D eigenvalue weighted by Gasteiger charge is -2.15. The number of rotatable bonds is 3. The zero-order valence-corrected chi connectivity index (χ0v) is 11.4. The highest BCUT2D eigenvalue weighted by molar-refractivity contribution is 5.93. The lowest BCUT2D eigenvalue weighted by atomic mass is 9.97. The van der Waals surface area contributed by atoms with E-state index in [-0.39, 0.29) is 11.8 Å². The maximum atomic E-state index is 12.1. The topological polar surface area (TPSA) is 41.1 Å². The van der Waals surface area contributed by atoms with Crippen LogP contribution < -0.4 is 10.6 Å². The van der Waals surface area contributed by atoms with Gasteiger partial charge in [0, 0.05) is 12.2 Å². The van der Waals surface area contributed by atoms with Crippen molar-refractivity contribution in [2.45, 2.75) is 27.2 Å². The number of benzene rings is 1. The molecule has 3 heteroatoms. The van der Waals surface area contributed by atoms with Crippen molar-refractivity contribution < 1.29 is 4.79 Å². The minimum atomic E-state index is 0.0937. The molecule has 2 rings (SSSR count). The average Bonchev–Trinajstić information content (AvgIpc) is 2.76. The maximum absolute atomic E-state index is 12.1. The molecule has 2 N–H and O–H groups in total. The monoisotopic (exact) mass is 246 g/mol. The van der Waals surface area contributed by atoms with E-state index in [1.165, 1.54) is 11.1 Å². The van der Waals surface area contributed by atoms with Gasteiger partial charge in [0.15, 0.2) is 0 Å². The molecule has 98 valence electrons. The van der Waals surface area contributed by atoms with Gasteiger partial charge < -0.3 is 10.6 Å². The zero-order valence-electron chi connectivity index (χ0n) is 11.4. The van der Waals surface area contributed by atoms with Gasteiger partial charge in [0.2, 0.25) is 5.91 Å². The van der Waals surface area contributed by atoms with Crippen LogP contribution in [0, 0.1) is 18.8 Å². The Hall–Kier alpha value is -1.35. The van der Waals surface area contributed by atoms with Crippen molar-refractivity contribution in [1.29, 1.82) is 0 Å². The SMILES string of the molecule is CCc1ccc(NC(=O)C2CNCC2C)cc1C. The van der Waals surface area contributed by atoms with Crippen LogP contribution in [-0.4, -0.2) is 19.0 Å². The summed E-state index contributed by atoms with van der Waals surface area (Å²) in [5.74, 6) is 0.647. The highest BCUT2D eigenvalue weighted by atomic mass is 16.1. The summed E-state index contributed by atoms with van der Waals surface area (Å²) in [6.45, 7) is 8.08. The molecule has 1 aromatic rings. The van der Waals surface area contributed by atoms with Gasteiger partial charge in [0.1, 0.15) is 0 Å². The van der Waals surface area contributed by atoms with Gasteiger partial charge in [0.25, 0.3) is 0 Å². The van der Waals surface area contributed by atoms with Crippen LogP contribution in [0.25, 0.3) is 0 Å². The fraction of sp³-hybridized carbons (Fsp3) is 0.533. The Balaban J connectivity index is 2.05. The van der Waals surface area contributed by atoms with Gasteiger partial charge in [0.05, 0.1) is 5.92 Å². The second-order valence-corrected chi connectivity index (χ2v) is 5.23. The van der Waals surface area contributed by atoms with E-state index in [1.54, 1.807) is 0 Å². The fourth-order valence-electron chi connectivity index (χ4n) is 2.57. The summed E-state index contributed by atoms with van der Waals surface area (Å²) in [6.07, 6.45) is 1.03. The molecule has 2 unspecified atom stereocenters. The lowest BCUT2D eigenvalue weighted by Crippen LogP contribution is -2.27. The number of amides is 1. The van der Waals surface area contributed by atoms with Crippen LogP contribution in [-0.2, 0) is 11.2 Å². The van der Waals surface area contributed by atoms with Gasteiger partial charge in [-0.05, 0) is 49.1 Å². The van der Waals surface area contributed by atoms with E-state index < -0.39 is 0 Å². The highest BCUT2D eigenvalue weighted by Gasteiger charge is 2.29. The van der Waals surface area contributed by atoms with Gasteiger partial charge in [-0.15, -0.1) is 0 Å². The molecule has 0 aromatic heterocycles. The summed E-state index contributed by atoms with van der Waals surface area (Å²) in [7, 11) is 0. The standard InChI is InChI=1S/C15H22N2O/c1-4-12-5-6-13(7-10(12)2)17-15(18)14-9-16-8-11(14)3/h5-7,11,14,16H,4,8-9H2,1-3H3,(H,17,18). The third-order valence-electron chi connectivity index (χ3n) is 3.85. The van der Waals surface area contributed by atoms with Gasteiger partial charge in [-0.3, -0.25) is 4.79 Å². The molecule has 0 radical (unpaired) electrons. The Morgan fingerprint density at radius 3 is 2.78 bits per heavy atom. The number of hydrogen-bond acceptors (Lipinski definition) is 2. The number of anilines is 1. The van der Waals surface area contributed by atoms with E-state index in [0.29, 0.717) is 5.92 Å². The van der Waals surface area contributed by atoms with Crippen molar-refractivity contribution >= 4 is 11.6 Å². The first kappa shape index (κ1) is 13.1. The van der Waals surface area contributed by atoms with Crippen LogP contribution in [0.3, 0.4) is 0 Å². The van der Waals surface area contributed by atoms with Crippen molar-refractivity contribution in [3.63, 3.8) is 0 Å². The van der Waals surface area contributed by atoms with Crippen LogP contribution >= 0.6 is 0 Å². The van der Waals surface area contributed by atoms with E-state index >= 15 is 0 Å². The predicted molar refractivity (Wildman–Crippen MR) is 74.7 cm³/mol. The fourth-order valence-corrected chi connectivity index (χ4v) is 2.57. The van der Waals surface area contributed by atoms with Gasteiger partial charge >= 0.3 is 0 Å². The number of nitrogens with one attached hydrogen (secondary N) is 2. The Labute approximate surface area is 109 Å². The quantitative estimate of drug-likeness (QED) is 0.859. The predicted octanol–water partition coefficient (Wildman–Crippen LogP) is 2.35. The molecule has 1 aliphatic heterocycles. The van der Waals surface area contributed by atoms with E-state index in [2.05, 4.69) is 43.5 Å². The molecule has 1 saturated heterocycles. The number of carbonyl (C=O) groups is 1. The van der Waals surface area contributed by atoms with Crippen molar-refractivity contribution in [2.24, 2.45) is 11.8 Å². The molecule has 1 aliphatic rings. The average molecular weight is 246 g/mol. The van der Waals surface area contributed by atoms with Crippen molar-refractivity contribution in [2.75, 3.05) is 18.4 Å². The molecule has 1 heterocycles. The molecule has 1 fully saturated rings. The van der Waals surface area contributed by atoms with Crippen LogP contribution in [0.2, 0.25) is 0 Å². The molecule has 0 aliphatic carbocycles. The number of carbonyl (C=O) groups excluding carboxylic acids is 1. The Bertz CT molecular complexity index is 442. The normalized spacial score (nSPS) is 23.1. The zero-order chi connectivity index (χ0) is 13.1. The maximum Gasteiger partial charge on any atom is 0.229 e. The summed E-state index contributed by atoms with van der Waals surface area (Å²) in [6, 6.07) is 6.15. The first-order valence-electron chi connectivity index (χ1n) is 6.73. The molecular weight excluding hydrogens is 224 g/mol. The van der Waals surface area contributed by atoms with E-state index in [9.17, 15) is 4.79 Å². The highest BCUT2D eigenvalue weighted by Crippen LogP contribution is 2.20. The van der Waals surface area contributed by atoms with Crippen molar-refractivity contribution in [1.82, 2.24) is 5.32 Å². The molecular formula is C15H22N2O. The second kappa shape index (κ2) is 5.53. The Morgan fingerprint density at radius 2 is 2.22 bits per heavy atom. The van der Waals surface area contributed by atoms with Crippen LogP contribution in [0.15, 0.2) is 18.2 Å². The summed E-state index contributed by atoms with van der Waals surface area (Å²) in [5.41, 5.74) is 3.49. The summed E-state index contributed by atoms with van der Waals surface area (Å²) < 4.78 is 0.